The van der Waals surface area contributed by atoms with Crippen LogP contribution in [0.15, 0.2) is 0 Å². The van der Waals surface area contributed by atoms with Crippen LogP contribution in [0.2, 0.25) is 0 Å². The summed E-state index contributed by atoms with van der Waals surface area (Å²) in [6, 6.07) is -0.513. The Balaban J connectivity index is 2.46. The van der Waals surface area contributed by atoms with Crippen LogP contribution in [-0.4, -0.2) is 36.1 Å². The van der Waals surface area contributed by atoms with Crippen LogP contribution in [0.3, 0.4) is 0 Å². The maximum Gasteiger partial charge on any atom is 0.390 e. The number of alkyl halides is 3. The van der Waals surface area contributed by atoms with Gasteiger partial charge in [0.2, 0.25) is 5.91 Å². The minimum atomic E-state index is -4.17. The lowest BCUT2D eigenvalue weighted by atomic mass is 10.0. The van der Waals surface area contributed by atoms with Crippen LogP contribution >= 0.6 is 0 Å². The van der Waals surface area contributed by atoms with Gasteiger partial charge in [0, 0.05) is 6.54 Å². The number of primary amides is 1. The number of nitrogens with zero attached hydrogens (tertiary/aromatic N) is 1. The fraction of sp³-hybridized carbons (Fsp3) is 0.889. The van der Waals surface area contributed by atoms with E-state index in [4.69, 9.17) is 5.73 Å². The van der Waals surface area contributed by atoms with Gasteiger partial charge < -0.3 is 5.73 Å². The number of nitrogens with two attached hydrogens (primary N) is 1. The Hall–Kier alpha value is -0.780. The maximum absolute atomic E-state index is 12.0. The number of hydrogen-bond donors (Lipinski definition) is 1. The Morgan fingerprint density at radius 2 is 2.07 bits per heavy atom. The van der Waals surface area contributed by atoms with E-state index in [1.807, 2.05) is 0 Å². The smallest absolute Gasteiger partial charge is 0.368 e. The second-order valence-corrected chi connectivity index (χ2v) is 3.82. The molecule has 0 aliphatic carbocycles. The second kappa shape index (κ2) is 4.83. The van der Waals surface area contributed by atoms with E-state index in [2.05, 4.69) is 0 Å². The molecule has 1 aliphatic heterocycles. The van der Waals surface area contributed by atoms with Crippen LogP contribution in [0.4, 0.5) is 13.2 Å². The predicted octanol–water partition coefficient (Wildman–Crippen LogP) is 1.28. The van der Waals surface area contributed by atoms with Crippen molar-refractivity contribution in [1.29, 1.82) is 0 Å². The molecule has 0 unspecified atom stereocenters. The van der Waals surface area contributed by atoms with Gasteiger partial charge >= 0.3 is 6.18 Å². The monoisotopic (exact) mass is 224 g/mol. The number of carbonyl (C=O) groups is 1. The van der Waals surface area contributed by atoms with Crippen molar-refractivity contribution in [3.63, 3.8) is 0 Å². The largest absolute Gasteiger partial charge is 0.390 e. The van der Waals surface area contributed by atoms with Gasteiger partial charge in [0.15, 0.2) is 0 Å². The molecule has 1 aliphatic rings. The number of carbonyl (C=O) groups excluding carboxylic acids is 1. The Morgan fingerprint density at radius 1 is 1.40 bits per heavy atom. The highest BCUT2D eigenvalue weighted by molar-refractivity contribution is 5.79. The molecule has 1 atom stereocenters. The third-order valence-electron chi connectivity index (χ3n) is 2.62. The van der Waals surface area contributed by atoms with E-state index in [1.54, 1.807) is 4.90 Å². The van der Waals surface area contributed by atoms with E-state index >= 15 is 0 Å². The molecule has 1 fully saturated rings. The van der Waals surface area contributed by atoms with Gasteiger partial charge in [0.1, 0.15) is 0 Å². The average molecular weight is 224 g/mol. The Morgan fingerprint density at radius 3 is 2.60 bits per heavy atom. The molecule has 1 amide bonds. The van der Waals surface area contributed by atoms with Gasteiger partial charge in [-0.05, 0) is 19.4 Å². The van der Waals surface area contributed by atoms with E-state index in [9.17, 15) is 18.0 Å². The SMILES string of the molecule is NC(=O)[C@H]1CCCCN1CCC(F)(F)F. The summed E-state index contributed by atoms with van der Waals surface area (Å²) >= 11 is 0. The molecule has 3 nitrogen and oxygen atoms in total. The summed E-state index contributed by atoms with van der Waals surface area (Å²) in [5.41, 5.74) is 5.14. The van der Waals surface area contributed by atoms with Crippen molar-refractivity contribution in [3.05, 3.63) is 0 Å². The summed E-state index contributed by atoms with van der Waals surface area (Å²) in [7, 11) is 0. The molecule has 0 bridgehead atoms. The van der Waals surface area contributed by atoms with Crippen molar-refractivity contribution < 1.29 is 18.0 Å². The van der Waals surface area contributed by atoms with Gasteiger partial charge in [-0.3, -0.25) is 9.69 Å². The minimum Gasteiger partial charge on any atom is -0.368 e. The van der Waals surface area contributed by atoms with Gasteiger partial charge in [-0.15, -0.1) is 0 Å². The van der Waals surface area contributed by atoms with E-state index < -0.39 is 24.5 Å². The fourth-order valence-corrected chi connectivity index (χ4v) is 1.85. The highest BCUT2D eigenvalue weighted by atomic mass is 19.4. The molecular formula is C9H15F3N2O. The first kappa shape index (κ1) is 12.3. The normalized spacial score (nSPS) is 24.1. The number of rotatable bonds is 3. The molecule has 0 aromatic rings. The Bertz CT molecular complexity index is 230. The Kier molecular flexibility index (Phi) is 3.96. The van der Waals surface area contributed by atoms with Gasteiger partial charge in [0.05, 0.1) is 12.5 Å². The van der Waals surface area contributed by atoms with Crippen molar-refractivity contribution in [3.8, 4) is 0 Å². The van der Waals surface area contributed by atoms with Crippen molar-refractivity contribution in [2.45, 2.75) is 37.9 Å². The van der Waals surface area contributed by atoms with Crippen LogP contribution < -0.4 is 5.73 Å². The standard InChI is InChI=1S/C9H15F3N2O/c10-9(11,12)4-6-14-5-2-1-3-7(14)8(13)15/h7H,1-6H2,(H2,13,15)/t7-/m1/s1. The third kappa shape index (κ3) is 4.07. The van der Waals surface area contributed by atoms with Crippen LogP contribution in [0, 0.1) is 0 Å². The molecule has 88 valence electrons. The molecule has 1 saturated heterocycles. The van der Waals surface area contributed by atoms with Crippen molar-refractivity contribution in [2.75, 3.05) is 13.1 Å². The van der Waals surface area contributed by atoms with E-state index in [-0.39, 0.29) is 6.54 Å². The van der Waals surface area contributed by atoms with Gasteiger partial charge in [-0.2, -0.15) is 13.2 Å². The number of halogens is 3. The van der Waals surface area contributed by atoms with Gasteiger partial charge in [-0.25, -0.2) is 0 Å². The fourth-order valence-electron chi connectivity index (χ4n) is 1.85. The highest BCUT2D eigenvalue weighted by Gasteiger charge is 2.32. The summed E-state index contributed by atoms with van der Waals surface area (Å²) in [6.45, 7) is 0.404. The molecule has 0 aromatic heterocycles. The Labute approximate surface area is 86.4 Å². The second-order valence-electron chi connectivity index (χ2n) is 3.82. The van der Waals surface area contributed by atoms with Crippen LogP contribution in [-0.2, 0) is 4.79 Å². The van der Waals surface area contributed by atoms with Crippen molar-refractivity contribution in [1.82, 2.24) is 4.90 Å². The van der Waals surface area contributed by atoms with Gasteiger partial charge in [-0.1, -0.05) is 6.42 Å². The summed E-state index contributed by atoms with van der Waals surface area (Å²) in [5, 5.41) is 0. The molecule has 6 heteroatoms. The van der Waals surface area contributed by atoms with E-state index in [1.165, 1.54) is 0 Å². The number of amides is 1. The number of hydrogen-bond acceptors (Lipinski definition) is 2. The zero-order valence-corrected chi connectivity index (χ0v) is 8.39. The minimum absolute atomic E-state index is 0.128. The zero-order chi connectivity index (χ0) is 11.5. The summed E-state index contributed by atoms with van der Waals surface area (Å²) in [5.74, 6) is -0.517. The zero-order valence-electron chi connectivity index (χ0n) is 8.39. The van der Waals surface area contributed by atoms with E-state index in [0.717, 1.165) is 12.8 Å². The molecule has 0 saturated carbocycles. The molecule has 0 radical (unpaired) electrons. The molecule has 15 heavy (non-hydrogen) atoms. The quantitative estimate of drug-likeness (QED) is 0.784. The molecule has 0 spiro atoms. The highest BCUT2D eigenvalue weighted by Crippen LogP contribution is 2.23. The van der Waals surface area contributed by atoms with Crippen LogP contribution in [0.25, 0.3) is 0 Å². The molecule has 0 aromatic carbocycles. The molecule has 2 N–H and O–H groups in total. The third-order valence-corrected chi connectivity index (χ3v) is 2.62. The summed E-state index contributed by atoms with van der Waals surface area (Å²) < 4.78 is 36.0. The summed E-state index contributed by atoms with van der Waals surface area (Å²) in [4.78, 5) is 12.5. The summed E-state index contributed by atoms with van der Waals surface area (Å²) in [6.07, 6.45) is -2.78. The lowest BCUT2D eigenvalue weighted by molar-refractivity contribution is -0.143. The average Bonchev–Trinajstić information content (AvgIpc) is 2.14. The first-order valence-electron chi connectivity index (χ1n) is 5.00. The lowest BCUT2D eigenvalue weighted by Crippen LogP contribution is -2.48. The molecule has 1 heterocycles. The van der Waals surface area contributed by atoms with Crippen molar-refractivity contribution >= 4 is 5.91 Å². The first-order valence-corrected chi connectivity index (χ1v) is 5.00. The predicted molar refractivity (Wildman–Crippen MR) is 49.1 cm³/mol. The van der Waals surface area contributed by atoms with E-state index in [0.29, 0.717) is 13.0 Å². The van der Waals surface area contributed by atoms with Gasteiger partial charge in [0.25, 0.3) is 0 Å². The number of likely N-dealkylation sites (tertiary alicyclic amines) is 1. The first-order chi connectivity index (χ1) is 6.90. The number of piperidine rings is 1. The lowest BCUT2D eigenvalue weighted by Gasteiger charge is -2.33. The van der Waals surface area contributed by atoms with Crippen molar-refractivity contribution in [2.24, 2.45) is 5.73 Å². The van der Waals surface area contributed by atoms with Crippen LogP contribution in [0.1, 0.15) is 25.7 Å². The maximum atomic E-state index is 12.0. The molecule has 1 rings (SSSR count). The van der Waals surface area contributed by atoms with Crippen LogP contribution in [0.5, 0.6) is 0 Å². The molecular weight excluding hydrogens is 209 g/mol. The topological polar surface area (TPSA) is 46.3 Å².